The van der Waals surface area contributed by atoms with Crippen LogP contribution in [-0.2, 0) is 22.0 Å². The Morgan fingerprint density at radius 2 is 1.68 bits per heavy atom. The molecule has 2 aromatic carbocycles. The van der Waals surface area contributed by atoms with Crippen molar-refractivity contribution in [2.24, 2.45) is 0 Å². The summed E-state index contributed by atoms with van der Waals surface area (Å²) in [5, 5.41) is 4.61. The van der Waals surface area contributed by atoms with Gasteiger partial charge in [0.1, 0.15) is 4.90 Å². The van der Waals surface area contributed by atoms with E-state index < -0.39 is 15.4 Å². The standard InChI is InChI=1S/C22H27N3O2S/c1-16-11-12-19(13-17(16)2)24-28(26,27)20-15-25(23-21(20)22(3,4)5)14-18-9-7-6-8-10-18/h6-13,15,24H,14H2,1-5H3. The molecule has 0 saturated carbocycles. The average Bonchev–Trinajstić information content (AvgIpc) is 3.04. The molecule has 0 fully saturated rings. The number of sulfonamides is 1. The summed E-state index contributed by atoms with van der Waals surface area (Å²) in [6.07, 6.45) is 1.62. The van der Waals surface area contributed by atoms with Crippen molar-refractivity contribution >= 4 is 15.7 Å². The molecular formula is C22H27N3O2S. The molecule has 148 valence electrons. The van der Waals surface area contributed by atoms with Crippen molar-refractivity contribution in [3.05, 3.63) is 77.1 Å². The van der Waals surface area contributed by atoms with Gasteiger partial charge in [0, 0.05) is 17.3 Å². The zero-order chi connectivity index (χ0) is 20.5. The van der Waals surface area contributed by atoms with Crippen LogP contribution in [0.3, 0.4) is 0 Å². The van der Waals surface area contributed by atoms with Gasteiger partial charge in [-0.15, -0.1) is 0 Å². The van der Waals surface area contributed by atoms with Gasteiger partial charge >= 0.3 is 0 Å². The quantitative estimate of drug-likeness (QED) is 0.682. The van der Waals surface area contributed by atoms with Crippen LogP contribution in [0.2, 0.25) is 0 Å². The highest BCUT2D eigenvalue weighted by molar-refractivity contribution is 7.92. The van der Waals surface area contributed by atoms with Gasteiger partial charge in [-0.05, 0) is 42.7 Å². The van der Waals surface area contributed by atoms with Gasteiger partial charge in [0.05, 0.1) is 12.2 Å². The first-order chi connectivity index (χ1) is 13.1. The largest absolute Gasteiger partial charge is 0.280 e. The summed E-state index contributed by atoms with van der Waals surface area (Å²) in [6.45, 7) is 10.4. The number of hydrogen-bond acceptors (Lipinski definition) is 3. The van der Waals surface area contributed by atoms with Gasteiger partial charge < -0.3 is 0 Å². The number of benzene rings is 2. The molecule has 1 N–H and O–H groups in total. The normalized spacial score (nSPS) is 12.2. The zero-order valence-electron chi connectivity index (χ0n) is 17.0. The van der Waals surface area contributed by atoms with Crippen molar-refractivity contribution in [3.63, 3.8) is 0 Å². The highest BCUT2D eigenvalue weighted by Gasteiger charge is 2.30. The molecular weight excluding hydrogens is 370 g/mol. The maximum absolute atomic E-state index is 13.2. The minimum absolute atomic E-state index is 0.217. The van der Waals surface area contributed by atoms with E-state index in [4.69, 9.17) is 0 Å². The van der Waals surface area contributed by atoms with E-state index in [1.54, 1.807) is 16.9 Å². The molecule has 0 atom stereocenters. The molecule has 0 aliphatic rings. The average molecular weight is 398 g/mol. The number of rotatable bonds is 5. The Bertz CT molecular complexity index is 1080. The minimum atomic E-state index is -3.76. The van der Waals surface area contributed by atoms with Crippen LogP contribution in [-0.4, -0.2) is 18.2 Å². The highest BCUT2D eigenvalue weighted by atomic mass is 32.2. The van der Waals surface area contributed by atoms with E-state index in [9.17, 15) is 8.42 Å². The van der Waals surface area contributed by atoms with Gasteiger partial charge in [0.25, 0.3) is 10.0 Å². The Hall–Kier alpha value is -2.60. The van der Waals surface area contributed by atoms with E-state index in [2.05, 4.69) is 9.82 Å². The maximum Gasteiger partial charge on any atom is 0.265 e. The highest BCUT2D eigenvalue weighted by Crippen LogP contribution is 2.29. The third-order valence-electron chi connectivity index (χ3n) is 4.67. The van der Waals surface area contributed by atoms with Crippen LogP contribution >= 0.6 is 0 Å². The van der Waals surface area contributed by atoms with Gasteiger partial charge in [0.15, 0.2) is 0 Å². The monoisotopic (exact) mass is 397 g/mol. The van der Waals surface area contributed by atoms with Crippen LogP contribution in [0.25, 0.3) is 0 Å². The molecule has 0 spiro atoms. The van der Waals surface area contributed by atoms with E-state index in [0.29, 0.717) is 17.9 Å². The summed E-state index contributed by atoms with van der Waals surface area (Å²) in [7, 11) is -3.76. The first-order valence-corrected chi connectivity index (χ1v) is 10.8. The fourth-order valence-electron chi connectivity index (χ4n) is 2.99. The second-order valence-electron chi connectivity index (χ2n) is 8.18. The van der Waals surface area contributed by atoms with Crippen LogP contribution < -0.4 is 4.72 Å². The van der Waals surface area contributed by atoms with E-state index in [0.717, 1.165) is 16.7 Å². The maximum atomic E-state index is 13.2. The fourth-order valence-corrected chi connectivity index (χ4v) is 4.40. The summed E-state index contributed by atoms with van der Waals surface area (Å²) in [4.78, 5) is 0.217. The second-order valence-corrected chi connectivity index (χ2v) is 9.83. The molecule has 1 heterocycles. The number of nitrogens with one attached hydrogen (secondary N) is 1. The Kier molecular flexibility index (Phi) is 5.35. The van der Waals surface area contributed by atoms with Crippen molar-refractivity contribution in [1.82, 2.24) is 9.78 Å². The van der Waals surface area contributed by atoms with E-state index in [-0.39, 0.29) is 4.90 Å². The summed E-state index contributed by atoms with van der Waals surface area (Å²) in [5.74, 6) is 0. The molecule has 0 saturated heterocycles. The first-order valence-electron chi connectivity index (χ1n) is 9.28. The van der Waals surface area contributed by atoms with Crippen molar-refractivity contribution in [2.45, 2.75) is 51.5 Å². The number of anilines is 1. The van der Waals surface area contributed by atoms with Gasteiger partial charge in [0.2, 0.25) is 0 Å². The lowest BCUT2D eigenvalue weighted by Crippen LogP contribution is -2.20. The van der Waals surface area contributed by atoms with Crippen molar-refractivity contribution in [1.29, 1.82) is 0 Å². The molecule has 0 aliphatic carbocycles. The first kappa shape index (κ1) is 20.1. The van der Waals surface area contributed by atoms with Crippen LogP contribution in [0.15, 0.2) is 59.6 Å². The van der Waals surface area contributed by atoms with E-state index in [1.807, 2.05) is 77.1 Å². The molecule has 0 bridgehead atoms. The van der Waals surface area contributed by atoms with Gasteiger partial charge in [-0.3, -0.25) is 9.40 Å². The number of aromatic nitrogens is 2. The summed E-state index contributed by atoms with van der Waals surface area (Å²) in [6, 6.07) is 15.4. The summed E-state index contributed by atoms with van der Waals surface area (Å²) < 4.78 is 30.7. The van der Waals surface area contributed by atoms with Gasteiger partial charge in [-0.2, -0.15) is 5.10 Å². The van der Waals surface area contributed by atoms with E-state index >= 15 is 0 Å². The second kappa shape index (κ2) is 7.43. The Labute approximate surface area is 167 Å². The van der Waals surface area contributed by atoms with E-state index in [1.165, 1.54) is 0 Å². The van der Waals surface area contributed by atoms with Crippen molar-refractivity contribution < 1.29 is 8.42 Å². The molecule has 0 aliphatic heterocycles. The van der Waals surface area contributed by atoms with Gasteiger partial charge in [-0.1, -0.05) is 57.2 Å². The van der Waals surface area contributed by atoms with Gasteiger partial charge in [-0.25, -0.2) is 8.42 Å². The topological polar surface area (TPSA) is 64.0 Å². The SMILES string of the molecule is Cc1ccc(NS(=O)(=O)c2cn(Cc3ccccc3)nc2C(C)(C)C)cc1C. The zero-order valence-corrected chi connectivity index (χ0v) is 17.8. The van der Waals surface area contributed by atoms with Crippen LogP contribution in [0, 0.1) is 13.8 Å². The predicted molar refractivity (Wildman–Crippen MR) is 113 cm³/mol. The molecule has 3 aromatic rings. The van der Waals surface area contributed by atoms with Crippen LogP contribution in [0.1, 0.15) is 43.2 Å². The number of aryl methyl sites for hydroxylation is 2. The lowest BCUT2D eigenvalue weighted by atomic mass is 9.92. The predicted octanol–water partition coefficient (Wildman–Crippen LogP) is 4.65. The van der Waals surface area contributed by atoms with Crippen LogP contribution in [0.4, 0.5) is 5.69 Å². The summed E-state index contributed by atoms with van der Waals surface area (Å²) >= 11 is 0. The number of nitrogens with zero attached hydrogens (tertiary/aromatic N) is 2. The Balaban J connectivity index is 1.99. The molecule has 6 heteroatoms. The molecule has 0 unspecified atom stereocenters. The lowest BCUT2D eigenvalue weighted by molar-refractivity contribution is 0.533. The lowest BCUT2D eigenvalue weighted by Gasteiger charge is -2.18. The third-order valence-corrected chi connectivity index (χ3v) is 6.06. The molecule has 28 heavy (non-hydrogen) atoms. The van der Waals surface area contributed by atoms with Crippen LogP contribution in [0.5, 0.6) is 0 Å². The third kappa shape index (κ3) is 4.44. The summed E-state index contributed by atoms with van der Waals surface area (Å²) in [5.41, 5.74) is 3.93. The van der Waals surface area contributed by atoms with Crippen molar-refractivity contribution in [2.75, 3.05) is 4.72 Å². The Morgan fingerprint density at radius 1 is 1.00 bits per heavy atom. The number of hydrogen-bond donors (Lipinski definition) is 1. The molecule has 3 rings (SSSR count). The van der Waals surface area contributed by atoms with Crippen molar-refractivity contribution in [3.8, 4) is 0 Å². The Morgan fingerprint density at radius 3 is 2.29 bits per heavy atom. The smallest absolute Gasteiger partial charge is 0.265 e. The molecule has 0 amide bonds. The molecule has 1 aromatic heterocycles. The molecule has 0 radical (unpaired) electrons. The fraction of sp³-hybridized carbons (Fsp3) is 0.318. The molecule has 5 nitrogen and oxygen atoms in total. The minimum Gasteiger partial charge on any atom is -0.280 e.